The molecule has 1 aliphatic rings. The Hall–Kier alpha value is 0. The van der Waals surface area contributed by atoms with Crippen molar-refractivity contribution in [2.24, 2.45) is 29.1 Å². The molecule has 1 rings (SSSR count). The maximum atomic E-state index is 2.45. The molecule has 0 aromatic heterocycles. The van der Waals surface area contributed by atoms with Crippen LogP contribution >= 0.6 is 0 Å². The summed E-state index contributed by atoms with van der Waals surface area (Å²) in [6.45, 7) is 14.4. The van der Waals surface area contributed by atoms with Crippen LogP contribution in [0.15, 0.2) is 0 Å². The van der Waals surface area contributed by atoms with Crippen LogP contribution in [0.5, 0.6) is 0 Å². The van der Waals surface area contributed by atoms with Crippen LogP contribution in [0.2, 0.25) is 0 Å². The zero-order valence-corrected chi connectivity index (χ0v) is 10.2. The van der Waals surface area contributed by atoms with Crippen LogP contribution in [-0.4, -0.2) is 0 Å². The molecule has 0 amide bonds. The molecule has 0 N–H and O–H groups in total. The van der Waals surface area contributed by atoms with E-state index in [9.17, 15) is 0 Å². The van der Waals surface area contributed by atoms with Gasteiger partial charge >= 0.3 is 0 Å². The fraction of sp³-hybridized carbons (Fsp3) is 1.00. The van der Waals surface area contributed by atoms with E-state index in [4.69, 9.17) is 0 Å². The molecular weight excluding hydrogens is 156 g/mol. The Morgan fingerprint density at radius 2 is 1.85 bits per heavy atom. The quantitative estimate of drug-likeness (QED) is 0.608. The minimum absolute atomic E-state index is 0.615. The highest BCUT2D eigenvalue weighted by molar-refractivity contribution is 4.97. The second-order valence-corrected chi connectivity index (χ2v) is 6.01. The van der Waals surface area contributed by atoms with E-state index in [1.54, 1.807) is 0 Å². The minimum Gasteiger partial charge on any atom is -0.0651 e. The van der Waals surface area contributed by atoms with Crippen molar-refractivity contribution in [1.82, 2.24) is 0 Å². The lowest BCUT2D eigenvalue weighted by molar-refractivity contribution is -0.0591. The maximum Gasteiger partial charge on any atom is -0.0306 e. The number of hydrogen-bond acceptors (Lipinski definition) is 0. The fourth-order valence-corrected chi connectivity index (χ4v) is 3.84. The second-order valence-electron chi connectivity index (χ2n) is 6.01. The van der Waals surface area contributed by atoms with E-state index in [0.717, 1.165) is 23.7 Å². The number of rotatable bonds is 3. The van der Waals surface area contributed by atoms with Gasteiger partial charge in [-0.25, -0.2) is 0 Å². The molecule has 0 heterocycles. The molecule has 1 fully saturated rings. The van der Waals surface area contributed by atoms with Crippen LogP contribution in [0.4, 0.5) is 0 Å². The molecule has 0 nitrogen and oxygen atoms in total. The zero-order chi connectivity index (χ0) is 10.2. The first-order chi connectivity index (χ1) is 5.90. The second kappa shape index (κ2) is 3.63. The summed E-state index contributed by atoms with van der Waals surface area (Å²) in [6, 6.07) is 0. The molecule has 0 saturated heterocycles. The summed E-state index contributed by atoms with van der Waals surface area (Å²) in [5.41, 5.74) is 0.615. The van der Waals surface area contributed by atoms with Crippen molar-refractivity contribution in [1.29, 1.82) is 0 Å². The van der Waals surface area contributed by atoms with Gasteiger partial charge in [0.1, 0.15) is 0 Å². The summed E-state index contributed by atoms with van der Waals surface area (Å²) in [6.07, 6.45) is 2.79. The summed E-state index contributed by atoms with van der Waals surface area (Å²) in [5.74, 6) is 3.73. The van der Waals surface area contributed by atoms with Gasteiger partial charge in [-0.3, -0.25) is 0 Å². The average Bonchev–Trinajstić information content (AvgIpc) is 1.98. The first kappa shape index (κ1) is 11.1. The minimum atomic E-state index is 0.615. The van der Waals surface area contributed by atoms with Crippen molar-refractivity contribution in [3.8, 4) is 0 Å². The Kier molecular flexibility index (Phi) is 3.09. The van der Waals surface area contributed by atoms with Gasteiger partial charge in [-0.05, 0) is 35.5 Å². The normalized spacial score (nSPS) is 34.4. The van der Waals surface area contributed by atoms with E-state index < -0.39 is 0 Å². The Balaban J connectivity index is 2.68. The lowest BCUT2D eigenvalue weighted by Gasteiger charge is -2.55. The average molecular weight is 182 g/mol. The van der Waals surface area contributed by atoms with Gasteiger partial charge in [-0.15, -0.1) is 0 Å². The Morgan fingerprint density at radius 1 is 1.31 bits per heavy atom. The van der Waals surface area contributed by atoms with Gasteiger partial charge in [-0.1, -0.05) is 48.0 Å². The third-order valence-corrected chi connectivity index (χ3v) is 4.15. The van der Waals surface area contributed by atoms with Gasteiger partial charge in [0.25, 0.3) is 0 Å². The largest absolute Gasteiger partial charge is 0.0651 e. The summed E-state index contributed by atoms with van der Waals surface area (Å²) in [5, 5.41) is 0. The molecule has 3 unspecified atom stereocenters. The molecule has 0 aromatic rings. The maximum absolute atomic E-state index is 2.45. The van der Waals surface area contributed by atoms with Gasteiger partial charge in [0, 0.05) is 0 Å². The van der Waals surface area contributed by atoms with Gasteiger partial charge in [0.05, 0.1) is 0 Å². The fourth-order valence-electron chi connectivity index (χ4n) is 3.84. The highest BCUT2D eigenvalue weighted by Crippen LogP contribution is 2.56. The standard InChI is InChI=1S/C13H26/c1-7-11(9(2)3)12-10(4)8-13(12,5)6/h9-12H,7-8H2,1-6H3. The summed E-state index contributed by atoms with van der Waals surface area (Å²) >= 11 is 0. The molecule has 3 atom stereocenters. The summed E-state index contributed by atoms with van der Waals surface area (Å²) in [7, 11) is 0. The van der Waals surface area contributed by atoms with E-state index >= 15 is 0 Å². The third kappa shape index (κ3) is 1.92. The smallest absolute Gasteiger partial charge is 0.0306 e. The predicted octanol–water partition coefficient (Wildman–Crippen LogP) is 4.35. The van der Waals surface area contributed by atoms with Crippen molar-refractivity contribution in [2.75, 3.05) is 0 Å². The van der Waals surface area contributed by atoms with Crippen molar-refractivity contribution in [3.05, 3.63) is 0 Å². The molecule has 0 aromatic carbocycles. The monoisotopic (exact) mass is 182 g/mol. The van der Waals surface area contributed by atoms with Crippen molar-refractivity contribution in [3.63, 3.8) is 0 Å². The molecule has 1 aliphatic carbocycles. The molecule has 78 valence electrons. The first-order valence-electron chi connectivity index (χ1n) is 5.90. The first-order valence-corrected chi connectivity index (χ1v) is 5.90. The molecule has 1 saturated carbocycles. The Bertz CT molecular complexity index is 167. The summed E-state index contributed by atoms with van der Waals surface area (Å²) < 4.78 is 0. The van der Waals surface area contributed by atoms with E-state index in [2.05, 4.69) is 41.5 Å². The van der Waals surface area contributed by atoms with Crippen LogP contribution in [0.25, 0.3) is 0 Å². The van der Waals surface area contributed by atoms with Crippen LogP contribution in [-0.2, 0) is 0 Å². The zero-order valence-electron chi connectivity index (χ0n) is 10.2. The van der Waals surface area contributed by atoms with Crippen LogP contribution in [0, 0.1) is 29.1 Å². The van der Waals surface area contributed by atoms with Crippen LogP contribution in [0.1, 0.15) is 54.4 Å². The van der Waals surface area contributed by atoms with Gasteiger partial charge in [0.15, 0.2) is 0 Å². The van der Waals surface area contributed by atoms with E-state index in [1.807, 2.05) is 0 Å². The van der Waals surface area contributed by atoms with Gasteiger partial charge in [-0.2, -0.15) is 0 Å². The summed E-state index contributed by atoms with van der Waals surface area (Å²) in [4.78, 5) is 0. The third-order valence-electron chi connectivity index (χ3n) is 4.15. The molecule has 0 radical (unpaired) electrons. The van der Waals surface area contributed by atoms with Crippen molar-refractivity contribution < 1.29 is 0 Å². The van der Waals surface area contributed by atoms with Crippen LogP contribution in [0.3, 0.4) is 0 Å². The van der Waals surface area contributed by atoms with E-state index in [0.29, 0.717) is 5.41 Å². The van der Waals surface area contributed by atoms with Crippen LogP contribution < -0.4 is 0 Å². The molecule has 0 aliphatic heterocycles. The van der Waals surface area contributed by atoms with E-state index in [-0.39, 0.29) is 0 Å². The van der Waals surface area contributed by atoms with E-state index in [1.165, 1.54) is 12.8 Å². The molecule has 0 bridgehead atoms. The topological polar surface area (TPSA) is 0 Å². The Morgan fingerprint density at radius 3 is 2.00 bits per heavy atom. The highest BCUT2D eigenvalue weighted by Gasteiger charge is 2.48. The predicted molar refractivity (Wildman–Crippen MR) is 59.7 cm³/mol. The molecule has 0 heteroatoms. The Labute approximate surface area is 84.1 Å². The van der Waals surface area contributed by atoms with Gasteiger partial charge < -0.3 is 0 Å². The molecule has 0 spiro atoms. The lowest BCUT2D eigenvalue weighted by atomic mass is 9.50. The van der Waals surface area contributed by atoms with Crippen molar-refractivity contribution in [2.45, 2.75) is 54.4 Å². The van der Waals surface area contributed by atoms with Crippen molar-refractivity contribution >= 4 is 0 Å². The highest BCUT2D eigenvalue weighted by atomic mass is 14.5. The number of hydrogen-bond donors (Lipinski definition) is 0. The lowest BCUT2D eigenvalue weighted by Crippen LogP contribution is -2.47. The molecule has 13 heavy (non-hydrogen) atoms. The van der Waals surface area contributed by atoms with Gasteiger partial charge in [0.2, 0.25) is 0 Å². The molecular formula is C13H26. The SMILES string of the molecule is CCC(C(C)C)C1C(C)CC1(C)C.